The van der Waals surface area contributed by atoms with Crippen molar-refractivity contribution in [1.82, 2.24) is 5.48 Å². The van der Waals surface area contributed by atoms with Crippen LogP contribution in [0.25, 0.3) is 0 Å². The van der Waals surface area contributed by atoms with E-state index in [1.54, 1.807) is 7.11 Å². The molecule has 0 saturated heterocycles. The molecule has 76 valence electrons. The van der Waals surface area contributed by atoms with Crippen molar-refractivity contribution >= 4 is 0 Å². The van der Waals surface area contributed by atoms with Crippen LogP contribution in [-0.2, 0) is 4.84 Å². The summed E-state index contributed by atoms with van der Waals surface area (Å²) in [7, 11) is 1.62. The Labute approximate surface area is 79.4 Å². The molecule has 0 aliphatic heterocycles. The molecule has 0 amide bonds. The van der Waals surface area contributed by atoms with E-state index in [9.17, 15) is 5.11 Å². The highest BCUT2D eigenvalue weighted by atomic mass is 16.6. The highest BCUT2D eigenvalue weighted by Gasteiger charge is 2.49. The number of hydrogen-bond donors (Lipinski definition) is 2. The predicted octanol–water partition coefficient (Wildman–Crippen LogP) is 1.22. The van der Waals surface area contributed by atoms with Crippen LogP contribution in [0.2, 0.25) is 0 Å². The monoisotopic (exact) mass is 185 g/mol. The van der Waals surface area contributed by atoms with Gasteiger partial charge in [-0.1, -0.05) is 12.8 Å². The number of hydrogen-bond acceptors (Lipinski definition) is 3. The molecule has 3 atom stereocenters. The first-order valence-corrected chi connectivity index (χ1v) is 5.28. The minimum atomic E-state index is -0.478. The molecule has 2 aliphatic rings. The zero-order valence-electron chi connectivity index (χ0n) is 8.25. The van der Waals surface area contributed by atoms with Crippen LogP contribution in [0.15, 0.2) is 0 Å². The van der Waals surface area contributed by atoms with E-state index in [0.29, 0.717) is 5.92 Å². The maximum atomic E-state index is 10.5. The third-order valence-corrected chi connectivity index (χ3v) is 3.75. The van der Waals surface area contributed by atoms with Gasteiger partial charge in [-0.2, -0.15) is 5.48 Å². The van der Waals surface area contributed by atoms with Gasteiger partial charge in [-0.05, 0) is 31.6 Å². The molecule has 0 aromatic rings. The van der Waals surface area contributed by atoms with E-state index in [-0.39, 0.29) is 6.04 Å². The van der Waals surface area contributed by atoms with Crippen molar-refractivity contribution < 1.29 is 9.94 Å². The second-order valence-corrected chi connectivity index (χ2v) is 4.39. The van der Waals surface area contributed by atoms with E-state index < -0.39 is 5.60 Å². The zero-order chi connectivity index (χ0) is 9.31. The van der Waals surface area contributed by atoms with Crippen LogP contribution >= 0.6 is 0 Å². The number of hydroxylamine groups is 1. The van der Waals surface area contributed by atoms with Crippen molar-refractivity contribution in [2.45, 2.75) is 50.2 Å². The highest BCUT2D eigenvalue weighted by Crippen LogP contribution is 2.45. The molecule has 3 heteroatoms. The molecule has 3 nitrogen and oxygen atoms in total. The molecule has 0 aromatic carbocycles. The summed E-state index contributed by atoms with van der Waals surface area (Å²) in [6.45, 7) is 0. The van der Waals surface area contributed by atoms with Crippen LogP contribution in [0, 0.1) is 5.92 Å². The van der Waals surface area contributed by atoms with Crippen LogP contribution in [0.5, 0.6) is 0 Å². The third-order valence-electron chi connectivity index (χ3n) is 3.75. The molecule has 13 heavy (non-hydrogen) atoms. The highest BCUT2D eigenvalue weighted by molar-refractivity contribution is 5.03. The number of fused-ring (bicyclic) bond motifs is 1. The molecule has 2 aliphatic carbocycles. The number of aliphatic hydroxyl groups is 1. The van der Waals surface area contributed by atoms with Crippen LogP contribution in [0.1, 0.15) is 38.5 Å². The van der Waals surface area contributed by atoms with E-state index >= 15 is 0 Å². The van der Waals surface area contributed by atoms with Crippen molar-refractivity contribution in [3.8, 4) is 0 Å². The number of rotatable bonds is 2. The van der Waals surface area contributed by atoms with Gasteiger partial charge < -0.3 is 9.94 Å². The fourth-order valence-electron chi connectivity index (χ4n) is 3.03. The van der Waals surface area contributed by atoms with E-state index in [1.807, 2.05) is 0 Å². The summed E-state index contributed by atoms with van der Waals surface area (Å²) >= 11 is 0. The molecule has 0 bridgehead atoms. The Morgan fingerprint density at radius 2 is 2.15 bits per heavy atom. The lowest BCUT2D eigenvalue weighted by Gasteiger charge is -2.38. The molecule has 0 spiro atoms. The van der Waals surface area contributed by atoms with E-state index in [1.165, 1.54) is 12.8 Å². The van der Waals surface area contributed by atoms with E-state index in [0.717, 1.165) is 25.7 Å². The Morgan fingerprint density at radius 1 is 1.31 bits per heavy atom. The quantitative estimate of drug-likeness (QED) is 0.636. The molecule has 2 fully saturated rings. The maximum Gasteiger partial charge on any atom is 0.0850 e. The third kappa shape index (κ3) is 1.49. The molecule has 2 N–H and O–H groups in total. The molecule has 0 unspecified atom stereocenters. The topological polar surface area (TPSA) is 41.5 Å². The first-order valence-electron chi connectivity index (χ1n) is 5.28. The van der Waals surface area contributed by atoms with Gasteiger partial charge in [-0.25, -0.2) is 0 Å². The first-order chi connectivity index (χ1) is 6.27. The average Bonchev–Trinajstić information content (AvgIpc) is 2.45. The summed E-state index contributed by atoms with van der Waals surface area (Å²) in [5.74, 6) is 0.508. The Bertz CT molecular complexity index is 186. The second kappa shape index (κ2) is 3.56. The lowest BCUT2D eigenvalue weighted by Crippen LogP contribution is -2.51. The Balaban J connectivity index is 2.07. The number of nitrogens with one attached hydrogen (secondary N) is 1. The average molecular weight is 185 g/mol. The van der Waals surface area contributed by atoms with Crippen molar-refractivity contribution in [1.29, 1.82) is 0 Å². The van der Waals surface area contributed by atoms with Crippen LogP contribution in [0.3, 0.4) is 0 Å². The van der Waals surface area contributed by atoms with Crippen molar-refractivity contribution in [3.63, 3.8) is 0 Å². The van der Waals surface area contributed by atoms with Gasteiger partial charge in [-0.3, -0.25) is 0 Å². The van der Waals surface area contributed by atoms with Gasteiger partial charge in [0.2, 0.25) is 0 Å². The second-order valence-electron chi connectivity index (χ2n) is 4.39. The first kappa shape index (κ1) is 9.44. The van der Waals surface area contributed by atoms with Gasteiger partial charge in [0.05, 0.1) is 18.8 Å². The fraction of sp³-hybridized carbons (Fsp3) is 1.00. The SMILES string of the molecule is CON[C@@H]1CC[C@@H]2CCCC[C@@]21O. The zero-order valence-corrected chi connectivity index (χ0v) is 8.25. The van der Waals surface area contributed by atoms with Crippen molar-refractivity contribution in [2.24, 2.45) is 5.92 Å². The molecule has 2 saturated carbocycles. The summed E-state index contributed by atoms with van der Waals surface area (Å²) < 4.78 is 0. The molecule has 0 aromatic heterocycles. The van der Waals surface area contributed by atoms with Crippen LogP contribution in [-0.4, -0.2) is 23.9 Å². The van der Waals surface area contributed by atoms with Gasteiger partial charge in [0.1, 0.15) is 0 Å². The van der Waals surface area contributed by atoms with Gasteiger partial charge >= 0.3 is 0 Å². The Hall–Kier alpha value is -0.120. The predicted molar refractivity (Wildman–Crippen MR) is 50.1 cm³/mol. The standard InChI is InChI=1S/C10H19NO2/c1-13-11-9-6-5-8-4-2-3-7-10(8,9)12/h8-9,11-12H,2-7H2,1H3/t8-,9+,10+/m0/s1. The minimum absolute atomic E-state index is 0.155. The normalized spacial score (nSPS) is 44.8. The van der Waals surface area contributed by atoms with Gasteiger partial charge in [-0.15, -0.1) is 0 Å². The molecule has 2 rings (SSSR count). The Morgan fingerprint density at radius 3 is 2.92 bits per heavy atom. The summed E-state index contributed by atoms with van der Waals surface area (Å²) in [6.07, 6.45) is 6.78. The Kier molecular flexibility index (Phi) is 2.58. The summed E-state index contributed by atoms with van der Waals surface area (Å²) in [4.78, 5) is 4.93. The van der Waals surface area contributed by atoms with Gasteiger partial charge in [0, 0.05) is 0 Å². The molecule has 0 radical (unpaired) electrons. The summed E-state index contributed by atoms with van der Waals surface area (Å²) in [6, 6.07) is 0.155. The lowest BCUT2D eigenvalue weighted by molar-refractivity contribution is -0.0846. The molecular weight excluding hydrogens is 166 g/mol. The molecule has 0 heterocycles. The van der Waals surface area contributed by atoms with Gasteiger partial charge in [0.25, 0.3) is 0 Å². The van der Waals surface area contributed by atoms with E-state index in [4.69, 9.17) is 4.84 Å². The smallest absolute Gasteiger partial charge is 0.0850 e. The van der Waals surface area contributed by atoms with Crippen molar-refractivity contribution in [2.75, 3.05) is 7.11 Å². The van der Waals surface area contributed by atoms with Gasteiger partial charge in [0.15, 0.2) is 0 Å². The fourth-order valence-corrected chi connectivity index (χ4v) is 3.03. The largest absolute Gasteiger partial charge is 0.388 e. The van der Waals surface area contributed by atoms with E-state index in [2.05, 4.69) is 5.48 Å². The lowest BCUT2D eigenvalue weighted by atomic mass is 9.76. The molecular formula is C10H19NO2. The minimum Gasteiger partial charge on any atom is -0.388 e. The van der Waals surface area contributed by atoms with Crippen LogP contribution in [0.4, 0.5) is 0 Å². The van der Waals surface area contributed by atoms with Crippen molar-refractivity contribution in [3.05, 3.63) is 0 Å². The summed E-state index contributed by atoms with van der Waals surface area (Å²) in [5, 5.41) is 10.5. The van der Waals surface area contributed by atoms with Crippen LogP contribution < -0.4 is 5.48 Å². The maximum absolute atomic E-state index is 10.5. The summed E-state index contributed by atoms with van der Waals surface area (Å²) in [5.41, 5.74) is 2.46.